The van der Waals surface area contributed by atoms with E-state index >= 15 is 0 Å². The van der Waals surface area contributed by atoms with Crippen molar-refractivity contribution in [3.05, 3.63) is 34.4 Å². The van der Waals surface area contributed by atoms with Gasteiger partial charge in [-0.1, -0.05) is 11.6 Å². The summed E-state index contributed by atoms with van der Waals surface area (Å²) < 4.78 is 33.8. The number of hydrogen-bond acceptors (Lipinski definition) is 3. The van der Waals surface area contributed by atoms with E-state index in [1.807, 2.05) is 0 Å². The third-order valence-electron chi connectivity index (χ3n) is 4.65. The lowest BCUT2D eigenvalue weighted by Gasteiger charge is -2.39. The van der Waals surface area contributed by atoms with Gasteiger partial charge in [-0.25, -0.2) is 13.6 Å². The zero-order valence-corrected chi connectivity index (χ0v) is 16.7. The van der Waals surface area contributed by atoms with Gasteiger partial charge in [-0.15, -0.1) is 0 Å². The molecule has 1 saturated heterocycles. The van der Waals surface area contributed by atoms with Crippen molar-refractivity contribution in [1.82, 2.24) is 4.90 Å². The van der Waals surface area contributed by atoms with Crippen LogP contribution in [0.25, 0.3) is 0 Å². The number of hydrogen-bond donors (Lipinski definition) is 1. The molecule has 8 heteroatoms. The second-order valence-electron chi connectivity index (χ2n) is 8.37. The first-order valence-electron chi connectivity index (χ1n) is 8.64. The van der Waals surface area contributed by atoms with Crippen LogP contribution in [0.2, 0.25) is 5.02 Å². The van der Waals surface area contributed by atoms with Crippen molar-refractivity contribution >= 4 is 23.7 Å². The van der Waals surface area contributed by atoms with Gasteiger partial charge < -0.3 is 9.84 Å². The van der Waals surface area contributed by atoms with Crippen molar-refractivity contribution in [2.45, 2.75) is 70.6 Å². The molecule has 2 atom stereocenters. The average Bonchev–Trinajstić information content (AvgIpc) is 2.78. The Balaban J connectivity index is 2.51. The minimum Gasteiger partial charge on any atom is -0.481 e. The van der Waals surface area contributed by atoms with Gasteiger partial charge in [0.25, 0.3) is 0 Å². The molecule has 1 aromatic rings. The number of likely N-dealkylation sites (tertiary alicyclic amines) is 1. The van der Waals surface area contributed by atoms with Crippen molar-refractivity contribution in [2.75, 3.05) is 0 Å². The van der Waals surface area contributed by atoms with E-state index in [1.165, 1.54) is 4.90 Å². The largest absolute Gasteiger partial charge is 0.481 e. The summed E-state index contributed by atoms with van der Waals surface area (Å²) in [4.78, 5) is 26.1. The van der Waals surface area contributed by atoms with E-state index in [4.69, 9.17) is 16.3 Å². The third kappa shape index (κ3) is 4.51. The third-order valence-corrected chi connectivity index (χ3v) is 4.94. The molecule has 2 unspecified atom stereocenters. The first-order chi connectivity index (χ1) is 12.2. The highest BCUT2D eigenvalue weighted by Gasteiger charge is 2.50. The van der Waals surface area contributed by atoms with Crippen molar-refractivity contribution in [3.8, 4) is 0 Å². The second kappa shape index (κ2) is 7.26. The molecular weight excluding hydrogens is 380 g/mol. The van der Waals surface area contributed by atoms with Gasteiger partial charge >= 0.3 is 12.1 Å². The van der Waals surface area contributed by atoms with Gasteiger partial charge in [0, 0.05) is 11.1 Å². The summed E-state index contributed by atoms with van der Waals surface area (Å²) in [6, 6.07) is 0.650. The van der Waals surface area contributed by atoms with E-state index in [1.54, 1.807) is 34.6 Å². The Morgan fingerprint density at radius 2 is 1.89 bits per heavy atom. The van der Waals surface area contributed by atoms with Gasteiger partial charge in [0.2, 0.25) is 0 Å². The Morgan fingerprint density at radius 1 is 1.30 bits per heavy atom. The molecule has 1 heterocycles. The first kappa shape index (κ1) is 21.4. The fourth-order valence-corrected chi connectivity index (χ4v) is 3.64. The smallest absolute Gasteiger partial charge is 0.411 e. The minimum absolute atomic E-state index is 0.312. The summed E-state index contributed by atoms with van der Waals surface area (Å²) in [5, 5.41) is 9.34. The lowest BCUT2D eigenvalue weighted by Crippen LogP contribution is -2.51. The molecule has 1 aliphatic heterocycles. The predicted molar refractivity (Wildman–Crippen MR) is 96.9 cm³/mol. The van der Waals surface area contributed by atoms with E-state index in [-0.39, 0.29) is 5.56 Å². The number of nitrogens with zero attached hydrogens (tertiary/aromatic N) is 1. The van der Waals surface area contributed by atoms with Gasteiger partial charge in [0.15, 0.2) is 0 Å². The molecule has 1 N–H and O–H groups in total. The van der Waals surface area contributed by atoms with Crippen LogP contribution in [0.15, 0.2) is 12.1 Å². The maximum absolute atomic E-state index is 14.4. The Labute approximate surface area is 162 Å². The van der Waals surface area contributed by atoms with Gasteiger partial charge in [0.1, 0.15) is 23.2 Å². The highest BCUT2D eigenvalue weighted by atomic mass is 35.5. The number of halogens is 3. The highest BCUT2D eigenvalue weighted by Crippen LogP contribution is 2.42. The predicted octanol–water partition coefficient (Wildman–Crippen LogP) is 4.96. The molecule has 150 valence electrons. The van der Waals surface area contributed by atoms with Crippen molar-refractivity contribution < 1.29 is 28.2 Å². The molecule has 2 rings (SSSR count). The molecule has 0 spiro atoms. The topological polar surface area (TPSA) is 66.8 Å². The normalized spacial score (nSPS) is 20.4. The van der Waals surface area contributed by atoms with Crippen LogP contribution >= 0.6 is 11.6 Å². The number of carbonyl (C=O) groups is 2. The van der Waals surface area contributed by atoms with E-state index in [0.717, 1.165) is 12.1 Å². The number of benzene rings is 1. The molecule has 1 fully saturated rings. The van der Waals surface area contributed by atoms with Crippen molar-refractivity contribution in [3.63, 3.8) is 0 Å². The van der Waals surface area contributed by atoms with Crippen LogP contribution in [0.1, 0.15) is 58.9 Å². The fourth-order valence-electron chi connectivity index (χ4n) is 3.49. The van der Waals surface area contributed by atoms with E-state index in [9.17, 15) is 23.5 Å². The van der Waals surface area contributed by atoms with Crippen LogP contribution in [-0.4, -0.2) is 39.3 Å². The maximum Gasteiger partial charge on any atom is 0.411 e. The number of ether oxygens (including phenoxy) is 1. The highest BCUT2D eigenvalue weighted by molar-refractivity contribution is 6.30. The van der Waals surface area contributed by atoms with E-state index in [0.29, 0.717) is 12.8 Å². The molecule has 1 aromatic carbocycles. The summed E-state index contributed by atoms with van der Waals surface area (Å²) >= 11 is 5.58. The number of amides is 1. The molecule has 0 aliphatic carbocycles. The van der Waals surface area contributed by atoms with Crippen molar-refractivity contribution in [2.24, 2.45) is 0 Å². The van der Waals surface area contributed by atoms with E-state index in [2.05, 4.69) is 0 Å². The quantitative estimate of drug-likeness (QED) is 0.724. The Kier molecular flexibility index (Phi) is 5.76. The number of carbonyl (C=O) groups excluding carboxylic acids is 1. The van der Waals surface area contributed by atoms with Crippen LogP contribution in [0, 0.1) is 11.6 Å². The van der Waals surface area contributed by atoms with Crippen LogP contribution in [0.4, 0.5) is 13.6 Å². The van der Waals surface area contributed by atoms with Gasteiger partial charge in [0.05, 0.1) is 11.1 Å². The Bertz CT molecular complexity index is 761. The standard InChI is InChI=1S/C19H24ClF2NO4/c1-18(2,3)27-17(26)23-14(6-7-19(23,4)5)15(16(24)25)10-8-13(22)11(20)9-12(10)21/h8-9,14-15H,6-7H2,1-5H3,(H,24,25). The summed E-state index contributed by atoms with van der Waals surface area (Å²) in [6.45, 7) is 8.67. The molecule has 0 radical (unpaired) electrons. The lowest BCUT2D eigenvalue weighted by atomic mass is 9.89. The first-order valence-corrected chi connectivity index (χ1v) is 9.02. The lowest BCUT2D eigenvalue weighted by molar-refractivity contribution is -0.140. The van der Waals surface area contributed by atoms with Crippen LogP contribution in [0.5, 0.6) is 0 Å². The van der Waals surface area contributed by atoms with Crippen LogP contribution in [-0.2, 0) is 9.53 Å². The molecule has 0 bridgehead atoms. The maximum atomic E-state index is 14.4. The summed E-state index contributed by atoms with van der Waals surface area (Å²) in [6.07, 6.45) is 0.127. The summed E-state index contributed by atoms with van der Waals surface area (Å²) in [5.74, 6) is -4.65. The molecule has 1 aliphatic rings. The number of aliphatic carboxylic acids is 1. The van der Waals surface area contributed by atoms with Crippen LogP contribution in [0.3, 0.4) is 0 Å². The monoisotopic (exact) mass is 403 g/mol. The molecule has 1 amide bonds. The van der Waals surface area contributed by atoms with E-state index < -0.39 is 51.8 Å². The van der Waals surface area contributed by atoms with Crippen molar-refractivity contribution in [1.29, 1.82) is 0 Å². The van der Waals surface area contributed by atoms with Gasteiger partial charge in [-0.05, 0) is 59.6 Å². The molecule has 27 heavy (non-hydrogen) atoms. The van der Waals surface area contributed by atoms with Gasteiger partial charge in [-0.2, -0.15) is 0 Å². The Morgan fingerprint density at radius 3 is 2.41 bits per heavy atom. The number of rotatable bonds is 3. The number of carboxylic acid groups (broad SMARTS) is 1. The summed E-state index contributed by atoms with van der Waals surface area (Å²) in [5.41, 5.74) is -1.82. The minimum atomic E-state index is -1.45. The van der Waals surface area contributed by atoms with Crippen LogP contribution < -0.4 is 0 Å². The molecule has 0 aromatic heterocycles. The zero-order valence-electron chi connectivity index (χ0n) is 16.0. The van der Waals surface area contributed by atoms with Gasteiger partial charge in [-0.3, -0.25) is 9.69 Å². The fraction of sp³-hybridized carbons (Fsp3) is 0.579. The Hall–Kier alpha value is -1.89. The molecule has 0 saturated carbocycles. The summed E-state index contributed by atoms with van der Waals surface area (Å²) in [7, 11) is 0. The molecular formula is C19H24ClF2NO4. The zero-order chi connectivity index (χ0) is 20.7. The number of carboxylic acids is 1. The average molecular weight is 404 g/mol. The second-order valence-corrected chi connectivity index (χ2v) is 8.78. The SMILES string of the molecule is CC(C)(C)OC(=O)N1C(C(C(=O)O)c2cc(F)c(Cl)cc2F)CCC1(C)C. The molecule has 5 nitrogen and oxygen atoms in total.